The van der Waals surface area contributed by atoms with Gasteiger partial charge in [0, 0.05) is 18.3 Å². The molecule has 0 heterocycles. The zero-order chi connectivity index (χ0) is 36.9. The van der Waals surface area contributed by atoms with Gasteiger partial charge in [0.25, 0.3) is 0 Å². The SMILES string of the molecule is C=C(CCC(C(=O)O)C1C(OC(C)=O)CC2(C)C3=C(CCC12C)C1(C)CCC(OC(=O)CC(C)(O)CC(=O)OC)C(C)(C)C1CC3)C(C)C. The van der Waals surface area contributed by atoms with E-state index in [1.165, 1.54) is 32.1 Å². The first-order valence-corrected chi connectivity index (χ1v) is 18.3. The number of allylic oxidation sites excluding steroid dienone is 3. The largest absolute Gasteiger partial charge is 0.481 e. The number of aliphatic carboxylic acids is 1. The number of carbonyl (C=O) groups is 4. The highest BCUT2D eigenvalue weighted by Crippen LogP contribution is 2.73. The highest BCUT2D eigenvalue weighted by molar-refractivity contribution is 5.75. The number of esters is 3. The summed E-state index contributed by atoms with van der Waals surface area (Å²) in [6, 6.07) is 0. The Morgan fingerprint density at radius 2 is 1.59 bits per heavy atom. The first-order chi connectivity index (χ1) is 22.5. The van der Waals surface area contributed by atoms with Crippen molar-refractivity contribution in [2.24, 2.45) is 45.3 Å². The fourth-order valence-corrected chi connectivity index (χ4v) is 11.0. The smallest absolute Gasteiger partial charge is 0.309 e. The number of aliphatic hydroxyl groups is 1. The normalized spacial score (nSPS) is 35.3. The summed E-state index contributed by atoms with van der Waals surface area (Å²) >= 11 is 0. The lowest BCUT2D eigenvalue weighted by Crippen LogP contribution is -2.56. The Morgan fingerprint density at radius 1 is 0.959 bits per heavy atom. The number of hydrogen-bond acceptors (Lipinski definition) is 8. The topological polar surface area (TPSA) is 136 Å². The van der Waals surface area contributed by atoms with Crippen LogP contribution in [0.2, 0.25) is 0 Å². The summed E-state index contributed by atoms with van der Waals surface area (Å²) in [4.78, 5) is 50.3. The summed E-state index contributed by atoms with van der Waals surface area (Å²) in [5.74, 6) is -2.78. The molecule has 0 saturated heterocycles. The van der Waals surface area contributed by atoms with Crippen LogP contribution in [0.3, 0.4) is 0 Å². The minimum Gasteiger partial charge on any atom is -0.481 e. The van der Waals surface area contributed by atoms with E-state index in [1.54, 1.807) is 0 Å². The van der Waals surface area contributed by atoms with Crippen molar-refractivity contribution in [3.05, 3.63) is 23.3 Å². The molecule has 0 aromatic heterocycles. The number of hydrogen-bond donors (Lipinski definition) is 2. The number of rotatable bonds is 12. The molecule has 2 saturated carbocycles. The molecule has 2 fully saturated rings. The highest BCUT2D eigenvalue weighted by atomic mass is 16.6. The third-order valence-electron chi connectivity index (χ3n) is 13.9. The lowest BCUT2D eigenvalue weighted by molar-refractivity contribution is -0.175. The number of carboxylic acid groups (broad SMARTS) is 1. The second kappa shape index (κ2) is 13.8. The van der Waals surface area contributed by atoms with E-state index >= 15 is 0 Å². The lowest BCUT2D eigenvalue weighted by Gasteiger charge is -2.62. The maximum Gasteiger partial charge on any atom is 0.309 e. The highest BCUT2D eigenvalue weighted by Gasteiger charge is 2.68. The molecular formula is C40H62O9. The van der Waals surface area contributed by atoms with Gasteiger partial charge in [-0.25, -0.2) is 0 Å². The lowest BCUT2D eigenvalue weighted by atomic mass is 9.43. The van der Waals surface area contributed by atoms with Crippen LogP contribution in [0.4, 0.5) is 0 Å². The van der Waals surface area contributed by atoms with Crippen molar-refractivity contribution in [1.82, 2.24) is 0 Å². The zero-order valence-electron chi connectivity index (χ0n) is 31.7. The van der Waals surface area contributed by atoms with Crippen molar-refractivity contribution < 1.29 is 43.6 Å². The molecule has 9 heteroatoms. The van der Waals surface area contributed by atoms with Crippen LogP contribution < -0.4 is 0 Å². The van der Waals surface area contributed by atoms with E-state index in [9.17, 15) is 29.4 Å². The van der Waals surface area contributed by atoms with Crippen LogP contribution in [-0.4, -0.2) is 59.0 Å². The van der Waals surface area contributed by atoms with E-state index < -0.39 is 35.5 Å². The summed E-state index contributed by atoms with van der Waals surface area (Å²) < 4.78 is 16.8. The van der Waals surface area contributed by atoms with Gasteiger partial charge in [0.2, 0.25) is 0 Å². The first kappa shape index (κ1) is 39.1. The third kappa shape index (κ3) is 7.12. The van der Waals surface area contributed by atoms with Gasteiger partial charge in [-0.15, -0.1) is 0 Å². The van der Waals surface area contributed by atoms with E-state index in [-0.39, 0.29) is 64.3 Å². The fraction of sp³-hybridized carbons (Fsp3) is 0.800. The van der Waals surface area contributed by atoms with Crippen LogP contribution in [0, 0.1) is 45.3 Å². The Morgan fingerprint density at radius 3 is 2.16 bits per heavy atom. The summed E-state index contributed by atoms with van der Waals surface area (Å²) in [7, 11) is 1.25. The van der Waals surface area contributed by atoms with Gasteiger partial charge in [0.05, 0.1) is 31.5 Å². The maximum atomic E-state index is 13.1. The van der Waals surface area contributed by atoms with Crippen LogP contribution in [0.1, 0.15) is 133 Å². The van der Waals surface area contributed by atoms with Crippen molar-refractivity contribution in [3.8, 4) is 0 Å². The molecule has 4 aliphatic rings. The number of carbonyl (C=O) groups excluding carboxylic acids is 3. The molecule has 0 spiro atoms. The molecule has 0 aromatic rings. The Kier molecular flexibility index (Phi) is 11.0. The van der Waals surface area contributed by atoms with Crippen molar-refractivity contribution >= 4 is 23.9 Å². The summed E-state index contributed by atoms with van der Waals surface area (Å²) in [5.41, 5.74) is 1.18. The minimum absolute atomic E-state index is 0.128. The van der Waals surface area contributed by atoms with Gasteiger partial charge in [-0.2, -0.15) is 0 Å². The van der Waals surface area contributed by atoms with Crippen LogP contribution in [0.5, 0.6) is 0 Å². The predicted molar refractivity (Wildman–Crippen MR) is 186 cm³/mol. The average molecular weight is 687 g/mol. The van der Waals surface area contributed by atoms with Crippen molar-refractivity contribution in [2.45, 2.75) is 151 Å². The third-order valence-corrected chi connectivity index (χ3v) is 13.9. The van der Waals surface area contributed by atoms with Gasteiger partial charge in [0.15, 0.2) is 0 Å². The van der Waals surface area contributed by atoms with Gasteiger partial charge in [-0.1, -0.05) is 71.8 Å². The second-order valence-electron chi connectivity index (χ2n) is 17.7. The molecule has 9 nitrogen and oxygen atoms in total. The molecular weight excluding hydrogens is 624 g/mol. The molecule has 2 N–H and O–H groups in total. The number of carboxylic acids is 1. The molecule has 0 aromatic carbocycles. The van der Waals surface area contributed by atoms with Crippen LogP contribution in [0.15, 0.2) is 23.3 Å². The Labute approximate surface area is 293 Å². The van der Waals surface area contributed by atoms with Gasteiger partial charge in [0.1, 0.15) is 12.2 Å². The van der Waals surface area contributed by atoms with Crippen LogP contribution in [-0.2, 0) is 33.4 Å². The van der Waals surface area contributed by atoms with Gasteiger partial charge in [-0.3, -0.25) is 19.2 Å². The van der Waals surface area contributed by atoms with Gasteiger partial charge in [-0.05, 0) is 92.8 Å². The van der Waals surface area contributed by atoms with Crippen LogP contribution >= 0.6 is 0 Å². The molecule has 0 radical (unpaired) electrons. The van der Waals surface area contributed by atoms with E-state index in [2.05, 4.69) is 59.8 Å². The zero-order valence-corrected chi connectivity index (χ0v) is 31.7. The van der Waals surface area contributed by atoms with E-state index in [1.807, 2.05) is 0 Å². The van der Waals surface area contributed by atoms with Gasteiger partial charge >= 0.3 is 23.9 Å². The molecule has 0 aliphatic heterocycles. The number of fused-ring (bicyclic) bond motifs is 4. The standard InChI is InChI=1S/C40H62O9/c1-23(2)24(3)12-13-26(35(44)45)34-29(48-25(4)41)20-40(10)28-14-15-30-36(5,6)31(49-33(43)22-37(7,46)21-32(42)47-11)17-18-38(30,8)27(28)16-19-39(34,40)9/h23,26,29-31,34,46H,3,12-22H2,1-2,4-11H3,(H,44,45). The molecule has 9 atom stereocenters. The summed E-state index contributed by atoms with van der Waals surface area (Å²) in [6.07, 6.45) is 5.26. The first-order valence-electron chi connectivity index (χ1n) is 18.3. The van der Waals surface area contributed by atoms with E-state index in [0.717, 1.165) is 37.7 Å². The molecule has 4 rings (SSSR count). The molecule has 4 aliphatic carbocycles. The fourth-order valence-electron chi connectivity index (χ4n) is 11.0. The minimum atomic E-state index is -1.56. The van der Waals surface area contributed by atoms with Crippen molar-refractivity contribution in [1.29, 1.82) is 0 Å². The van der Waals surface area contributed by atoms with Gasteiger partial charge < -0.3 is 24.4 Å². The molecule has 0 amide bonds. The average Bonchev–Trinajstić information content (AvgIpc) is 3.19. The molecule has 0 bridgehead atoms. The predicted octanol–water partition coefficient (Wildman–Crippen LogP) is 7.59. The molecule has 49 heavy (non-hydrogen) atoms. The van der Waals surface area contributed by atoms with E-state index in [4.69, 9.17) is 9.47 Å². The Bertz CT molecular complexity index is 1370. The number of methoxy groups -OCH3 is 1. The second-order valence-corrected chi connectivity index (χ2v) is 17.7. The molecule has 9 unspecified atom stereocenters. The van der Waals surface area contributed by atoms with Crippen LogP contribution in [0.25, 0.3) is 0 Å². The van der Waals surface area contributed by atoms with Crippen molar-refractivity contribution in [3.63, 3.8) is 0 Å². The quantitative estimate of drug-likeness (QED) is 0.121. The summed E-state index contributed by atoms with van der Waals surface area (Å²) in [5, 5.41) is 21.3. The summed E-state index contributed by atoms with van der Waals surface area (Å²) in [6.45, 7) is 22.5. The number of ether oxygens (including phenoxy) is 3. The van der Waals surface area contributed by atoms with E-state index in [0.29, 0.717) is 25.7 Å². The Hall–Kier alpha value is -2.68. The Balaban J connectivity index is 1.64. The van der Waals surface area contributed by atoms with Crippen molar-refractivity contribution in [2.75, 3.05) is 7.11 Å². The maximum absolute atomic E-state index is 13.1. The monoisotopic (exact) mass is 686 g/mol. The molecule has 276 valence electrons.